The highest BCUT2D eigenvalue weighted by molar-refractivity contribution is 8.23. The summed E-state index contributed by atoms with van der Waals surface area (Å²) in [5.74, 6) is 1.10. The fraction of sp³-hybridized carbons (Fsp3) is 0.409. The molecule has 0 N–H and O–H groups in total. The van der Waals surface area contributed by atoms with Gasteiger partial charge >= 0.3 is 0 Å². The summed E-state index contributed by atoms with van der Waals surface area (Å²) in [7, 11) is 1.65. The van der Waals surface area contributed by atoms with Crippen LogP contribution >= 0.6 is 35.3 Å². The number of thiophene rings is 1. The first-order chi connectivity index (χ1) is 14.7. The lowest BCUT2D eigenvalue weighted by atomic mass is 10.0. The molecule has 0 radical (unpaired) electrons. The third-order valence-electron chi connectivity index (χ3n) is 5.41. The summed E-state index contributed by atoms with van der Waals surface area (Å²) in [5.41, 5.74) is 2.02. The summed E-state index contributed by atoms with van der Waals surface area (Å²) in [6, 6.07) is 11.9. The third kappa shape index (κ3) is 4.87. The number of likely N-dealkylation sites (tertiary alicyclic amines) is 1. The number of amides is 1. The standard InChI is InChI=1S/C22H25N3O2S3/c1-27-17-9-7-16(8-10-17)19-14-18(20-6-5-13-29-20)23-25(19)21(26)15-30-22(28)24-11-3-2-4-12-24/h5-10,13,19H,2-4,11-12,14-15H2,1H3. The van der Waals surface area contributed by atoms with E-state index in [1.807, 2.05) is 35.7 Å². The van der Waals surface area contributed by atoms with Gasteiger partial charge in [-0.3, -0.25) is 4.79 Å². The van der Waals surface area contributed by atoms with Gasteiger partial charge < -0.3 is 9.64 Å². The molecule has 1 aromatic carbocycles. The van der Waals surface area contributed by atoms with E-state index in [1.165, 1.54) is 31.0 Å². The van der Waals surface area contributed by atoms with E-state index in [9.17, 15) is 4.79 Å². The number of hydrogen-bond acceptors (Lipinski definition) is 6. The second-order valence-corrected chi connectivity index (χ2v) is 9.91. The molecule has 3 heterocycles. The Balaban J connectivity index is 1.48. The van der Waals surface area contributed by atoms with Crippen LogP contribution in [0.5, 0.6) is 5.75 Å². The second kappa shape index (κ2) is 9.94. The SMILES string of the molecule is COc1ccc(C2CC(c3cccs3)=NN2C(=O)CSC(=S)N2CCCCC2)cc1. The Morgan fingerprint density at radius 1 is 1.23 bits per heavy atom. The van der Waals surface area contributed by atoms with Crippen LogP contribution in [0.3, 0.4) is 0 Å². The molecule has 1 unspecified atom stereocenters. The van der Waals surface area contributed by atoms with E-state index in [2.05, 4.69) is 11.0 Å². The molecular formula is C22H25N3O2S3. The van der Waals surface area contributed by atoms with Gasteiger partial charge in [0.1, 0.15) is 10.1 Å². The van der Waals surface area contributed by atoms with Gasteiger partial charge in [-0.2, -0.15) is 5.10 Å². The van der Waals surface area contributed by atoms with Gasteiger partial charge in [0.05, 0.1) is 29.5 Å². The number of hydrazone groups is 1. The number of thioether (sulfide) groups is 1. The van der Waals surface area contributed by atoms with Crippen molar-refractivity contribution in [2.45, 2.75) is 31.7 Å². The molecule has 2 aliphatic rings. The van der Waals surface area contributed by atoms with E-state index >= 15 is 0 Å². The number of rotatable bonds is 5. The normalized spacial score (nSPS) is 19.0. The van der Waals surface area contributed by atoms with Crippen LogP contribution in [0.2, 0.25) is 0 Å². The molecule has 30 heavy (non-hydrogen) atoms. The average Bonchev–Trinajstić information content (AvgIpc) is 3.48. The molecule has 2 aliphatic heterocycles. The largest absolute Gasteiger partial charge is 0.497 e. The smallest absolute Gasteiger partial charge is 0.253 e. The number of ether oxygens (including phenoxy) is 1. The lowest BCUT2D eigenvalue weighted by Gasteiger charge is -2.29. The minimum absolute atomic E-state index is 0.00765. The summed E-state index contributed by atoms with van der Waals surface area (Å²) < 4.78 is 6.10. The maximum absolute atomic E-state index is 13.2. The molecule has 0 spiro atoms. The van der Waals surface area contributed by atoms with Crippen molar-refractivity contribution < 1.29 is 9.53 Å². The van der Waals surface area contributed by atoms with Crippen molar-refractivity contribution >= 4 is 51.3 Å². The van der Waals surface area contributed by atoms with Crippen molar-refractivity contribution in [1.82, 2.24) is 9.91 Å². The number of thiocarbonyl (C=S) groups is 1. The van der Waals surface area contributed by atoms with Crippen molar-refractivity contribution in [3.8, 4) is 5.75 Å². The number of carbonyl (C=O) groups is 1. The number of hydrogen-bond donors (Lipinski definition) is 0. The molecule has 0 aliphatic carbocycles. The zero-order valence-corrected chi connectivity index (χ0v) is 19.4. The summed E-state index contributed by atoms with van der Waals surface area (Å²) in [4.78, 5) is 16.5. The fourth-order valence-electron chi connectivity index (χ4n) is 3.77. The summed E-state index contributed by atoms with van der Waals surface area (Å²) in [6.45, 7) is 2.00. The minimum atomic E-state index is -0.107. The number of carbonyl (C=O) groups excluding carboxylic acids is 1. The van der Waals surface area contributed by atoms with Gasteiger partial charge in [0.2, 0.25) is 0 Å². The molecule has 158 valence electrons. The number of piperidine rings is 1. The van der Waals surface area contributed by atoms with E-state index in [0.717, 1.165) is 39.3 Å². The Morgan fingerprint density at radius 2 is 2.00 bits per heavy atom. The highest BCUT2D eigenvalue weighted by Gasteiger charge is 2.33. The van der Waals surface area contributed by atoms with Crippen molar-refractivity contribution in [3.05, 3.63) is 52.2 Å². The van der Waals surface area contributed by atoms with E-state index in [0.29, 0.717) is 12.2 Å². The fourth-order valence-corrected chi connectivity index (χ4v) is 5.60. The number of benzene rings is 1. The first-order valence-electron chi connectivity index (χ1n) is 10.1. The van der Waals surface area contributed by atoms with Crippen LogP contribution in [0, 0.1) is 0 Å². The summed E-state index contributed by atoms with van der Waals surface area (Å²) in [6.07, 6.45) is 4.32. The molecule has 1 fully saturated rings. The van der Waals surface area contributed by atoms with Crippen LogP contribution in [0.25, 0.3) is 0 Å². The molecular weight excluding hydrogens is 434 g/mol. The summed E-state index contributed by atoms with van der Waals surface area (Å²) >= 11 is 8.69. The molecule has 4 rings (SSSR count). The predicted molar refractivity (Wildman–Crippen MR) is 129 cm³/mol. The Labute approximate surface area is 191 Å². The molecule has 2 aromatic rings. The molecule has 1 amide bonds. The van der Waals surface area contributed by atoms with Gasteiger partial charge in [-0.15, -0.1) is 11.3 Å². The highest BCUT2D eigenvalue weighted by Crippen LogP contribution is 2.35. The molecule has 1 atom stereocenters. The molecule has 1 aromatic heterocycles. The van der Waals surface area contributed by atoms with Crippen LogP contribution in [-0.4, -0.2) is 51.8 Å². The quantitative estimate of drug-likeness (QED) is 0.593. The summed E-state index contributed by atoms with van der Waals surface area (Å²) in [5, 5.41) is 8.43. The van der Waals surface area contributed by atoms with Gasteiger partial charge in [0, 0.05) is 19.5 Å². The first kappa shape index (κ1) is 21.3. The lowest BCUT2D eigenvalue weighted by Crippen LogP contribution is -2.34. The Kier molecular flexibility index (Phi) is 7.07. The topological polar surface area (TPSA) is 45.1 Å². The van der Waals surface area contributed by atoms with Crippen molar-refractivity contribution in [1.29, 1.82) is 0 Å². The lowest BCUT2D eigenvalue weighted by molar-refractivity contribution is -0.130. The van der Waals surface area contributed by atoms with Crippen molar-refractivity contribution in [2.24, 2.45) is 5.10 Å². The maximum Gasteiger partial charge on any atom is 0.253 e. The van der Waals surface area contributed by atoms with Crippen LogP contribution in [0.15, 0.2) is 46.9 Å². The number of nitrogens with zero attached hydrogens (tertiary/aromatic N) is 3. The Bertz CT molecular complexity index is 906. The predicted octanol–water partition coefficient (Wildman–Crippen LogP) is 4.94. The molecule has 5 nitrogen and oxygen atoms in total. The van der Waals surface area contributed by atoms with E-state index in [1.54, 1.807) is 23.5 Å². The van der Waals surface area contributed by atoms with E-state index in [-0.39, 0.29) is 11.9 Å². The van der Waals surface area contributed by atoms with Crippen LogP contribution in [0.1, 0.15) is 42.2 Å². The second-order valence-electron chi connectivity index (χ2n) is 7.36. The third-order valence-corrected chi connectivity index (χ3v) is 7.83. The van der Waals surface area contributed by atoms with Crippen molar-refractivity contribution in [3.63, 3.8) is 0 Å². The minimum Gasteiger partial charge on any atom is -0.497 e. The van der Waals surface area contributed by atoms with Crippen LogP contribution < -0.4 is 4.74 Å². The van der Waals surface area contributed by atoms with E-state index in [4.69, 9.17) is 22.1 Å². The van der Waals surface area contributed by atoms with Gasteiger partial charge in [-0.25, -0.2) is 5.01 Å². The van der Waals surface area contributed by atoms with Crippen molar-refractivity contribution in [2.75, 3.05) is 26.0 Å². The zero-order valence-electron chi connectivity index (χ0n) is 17.0. The van der Waals surface area contributed by atoms with Crippen LogP contribution in [0.4, 0.5) is 0 Å². The molecule has 0 bridgehead atoms. The Hall–Kier alpha value is -1.90. The molecule has 8 heteroatoms. The van der Waals surface area contributed by atoms with E-state index < -0.39 is 0 Å². The van der Waals surface area contributed by atoms with Gasteiger partial charge in [-0.05, 0) is 48.4 Å². The zero-order chi connectivity index (χ0) is 20.9. The van der Waals surface area contributed by atoms with Gasteiger partial charge in [0.25, 0.3) is 5.91 Å². The Morgan fingerprint density at radius 3 is 2.67 bits per heavy atom. The van der Waals surface area contributed by atoms with Gasteiger partial charge in [-0.1, -0.05) is 42.2 Å². The maximum atomic E-state index is 13.2. The number of methoxy groups -OCH3 is 1. The molecule has 0 saturated carbocycles. The van der Waals surface area contributed by atoms with Crippen LogP contribution in [-0.2, 0) is 4.79 Å². The average molecular weight is 460 g/mol. The molecule has 1 saturated heterocycles. The van der Waals surface area contributed by atoms with Gasteiger partial charge in [0.15, 0.2) is 0 Å². The highest BCUT2D eigenvalue weighted by atomic mass is 32.2. The monoisotopic (exact) mass is 459 g/mol. The first-order valence-corrected chi connectivity index (χ1v) is 12.4.